The molecule has 0 saturated carbocycles. The molecular formula is C9H8F3N5O2S. The first kappa shape index (κ1) is 14.4. The maximum atomic E-state index is 11.8. The molecular weight excluding hydrogens is 299 g/mol. The fourth-order valence-electron chi connectivity index (χ4n) is 1.18. The van der Waals surface area contributed by atoms with E-state index in [1.165, 1.54) is 11.3 Å². The SMILES string of the molecule is O=C(Cn1nnc(-c2ccsc2)n1)NOCC(F)(F)F. The van der Waals surface area contributed by atoms with Crippen LogP contribution in [0.5, 0.6) is 0 Å². The van der Waals surface area contributed by atoms with Crippen LogP contribution in [-0.2, 0) is 16.2 Å². The van der Waals surface area contributed by atoms with E-state index in [4.69, 9.17) is 0 Å². The molecule has 0 atom stereocenters. The van der Waals surface area contributed by atoms with Crippen molar-refractivity contribution in [3.05, 3.63) is 16.8 Å². The first-order chi connectivity index (χ1) is 9.44. The Hall–Kier alpha value is -2.01. The highest BCUT2D eigenvalue weighted by Crippen LogP contribution is 2.16. The molecule has 0 aliphatic heterocycles. The Morgan fingerprint density at radius 3 is 2.95 bits per heavy atom. The van der Waals surface area contributed by atoms with Gasteiger partial charge in [0, 0.05) is 10.9 Å². The molecule has 1 amide bonds. The van der Waals surface area contributed by atoms with Crippen molar-refractivity contribution >= 4 is 17.2 Å². The Kier molecular flexibility index (Phi) is 4.29. The third-order valence-electron chi connectivity index (χ3n) is 1.94. The van der Waals surface area contributed by atoms with Gasteiger partial charge in [-0.1, -0.05) is 0 Å². The van der Waals surface area contributed by atoms with Crippen molar-refractivity contribution in [2.24, 2.45) is 0 Å². The predicted molar refractivity (Wildman–Crippen MR) is 61.3 cm³/mol. The highest BCUT2D eigenvalue weighted by Gasteiger charge is 2.28. The molecule has 0 fully saturated rings. The number of hydrogen-bond acceptors (Lipinski definition) is 6. The second-order valence-corrected chi connectivity index (χ2v) is 4.36. The first-order valence-electron chi connectivity index (χ1n) is 5.22. The molecule has 0 aromatic carbocycles. The third-order valence-corrected chi connectivity index (χ3v) is 2.62. The lowest BCUT2D eigenvalue weighted by Crippen LogP contribution is -2.32. The van der Waals surface area contributed by atoms with Crippen LogP contribution in [0.25, 0.3) is 11.4 Å². The van der Waals surface area contributed by atoms with Crippen LogP contribution in [0, 0.1) is 0 Å². The van der Waals surface area contributed by atoms with E-state index in [1.54, 1.807) is 16.9 Å². The molecule has 0 saturated heterocycles. The van der Waals surface area contributed by atoms with Crippen molar-refractivity contribution in [1.29, 1.82) is 0 Å². The van der Waals surface area contributed by atoms with Crippen LogP contribution in [0.3, 0.4) is 0 Å². The van der Waals surface area contributed by atoms with Crippen molar-refractivity contribution in [1.82, 2.24) is 25.7 Å². The number of thiophene rings is 1. The minimum Gasteiger partial charge on any atom is -0.271 e. The monoisotopic (exact) mass is 307 g/mol. The lowest BCUT2D eigenvalue weighted by molar-refractivity contribution is -0.192. The Morgan fingerprint density at radius 1 is 1.50 bits per heavy atom. The van der Waals surface area contributed by atoms with Crippen LogP contribution in [0.1, 0.15) is 0 Å². The number of tetrazole rings is 1. The molecule has 2 rings (SSSR count). The van der Waals surface area contributed by atoms with Crippen LogP contribution in [-0.4, -0.2) is 38.9 Å². The number of hydrogen-bond donors (Lipinski definition) is 1. The largest absolute Gasteiger partial charge is 0.414 e. The quantitative estimate of drug-likeness (QED) is 0.834. The van der Waals surface area contributed by atoms with Gasteiger partial charge in [-0.3, -0.25) is 9.63 Å². The Bertz CT molecular complexity index is 568. The molecule has 0 radical (unpaired) electrons. The van der Waals surface area contributed by atoms with E-state index < -0.39 is 25.2 Å². The number of amides is 1. The zero-order valence-corrected chi connectivity index (χ0v) is 10.6. The minimum absolute atomic E-state index is 0.329. The number of carbonyl (C=O) groups is 1. The smallest absolute Gasteiger partial charge is 0.271 e. The molecule has 11 heteroatoms. The molecule has 7 nitrogen and oxygen atoms in total. The van der Waals surface area contributed by atoms with Gasteiger partial charge in [0.1, 0.15) is 6.54 Å². The number of hydroxylamine groups is 1. The average Bonchev–Trinajstić information content (AvgIpc) is 2.96. The minimum atomic E-state index is -4.51. The fourth-order valence-corrected chi connectivity index (χ4v) is 1.81. The lowest BCUT2D eigenvalue weighted by Gasteiger charge is -2.07. The zero-order chi connectivity index (χ0) is 14.6. The zero-order valence-electron chi connectivity index (χ0n) is 9.79. The van der Waals surface area contributed by atoms with Gasteiger partial charge in [-0.2, -0.15) is 29.3 Å². The molecule has 0 spiro atoms. The van der Waals surface area contributed by atoms with Gasteiger partial charge in [0.05, 0.1) is 0 Å². The lowest BCUT2D eigenvalue weighted by atomic mass is 10.3. The third kappa shape index (κ3) is 4.28. The number of nitrogens with zero attached hydrogens (tertiary/aromatic N) is 4. The number of rotatable bonds is 5. The molecule has 0 aliphatic carbocycles. The fraction of sp³-hybridized carbons (Fsp3) is 0.333. The van der Waals surface area contributed by atoms with Gasteiger partial charge in [-0.25, -0.2) is 5.48 Å². The summed E-state index contributed by atoms with van der Waals surface area (Å²) in [6.45, 7) is -1.96. The molecule has 2 aromatic heterocycles. The summed E-state index contributed by atoms with van der Waals surface area (Å²) < 4.78 is 35.3. The number of carbonyl (C=O) groups excluding carboxylic acids is 1. The highest BCUT2D eigenvalue weighted by atomic mass is 32.1. The molecule has 0 unspecified atom stereocenters. The maximum absolute atomic E-state index is 11.8. The van der Waals surface area contributed by atoms with E-state index in [-0.39, 0.29) is 0 Å². The summed E-state index contributed by atoms with van der Waals surface area (Å²) in [7, 11) is 0. The van der Waals surface area contributed by atoms with Crippen molar-refractivity contribution in [2.45, 2.75) is 12.7 Å². The summed E-state index contributed by atoms with van der Waals surface area (Å²) in [5.74, 6) is -0.487. The summed E-state index contributed by atoms with van der Waals surface area (Å²) in [4.78, 5) is 16.2. The van der Waals surface area contributed by atoms with E-state index >= 15 is 0 Å². The average molecular weight is 307 g/mol. The number of halogens is 3. The van der Waals surface area contributed by atoms with E-state index in [2.05, 4.69) is 20.2 Å². The number of alkyl halides is 3. The maximum Gasteiger partial charge on any atom is 0.414 e. The summed E-state index contributed by atoms with van der Waals surface area (Å²) in [6.07, 6.45) is -4.51. The van der Waals surface area contributed by atoms with Gasteiger partial charge < -0.3 is 0 Å². The molecule has 0 aliphatic rings. The second-order valence-electron chi connectivity index (χ2n) is 3.58. The summed E-state index contributed by atoms with van der Waals surface area (Å²) in [5.41, 5.74) is 2.39. The van der Waals surface area contributed by atoms with Gasteiger partial charge in [0.15, 0.2) is 6.61 Å². The van der Waals surface area contributed by atoms with Gasteiger partial charge in [0.2, 0.25) is 5.82 Å². The van der Waals surface area contributed by atoms with E-state index in [0.29, 0.717) is 5.82 Å². The van der Waals surface area contributed by atoms with Crippen molar-refractivity contribution in [2.75, 3.05) is 6.61 Å². The highest BCUT2D eigenvalue weighted by molar-refractivity contribution is 7.08. The van der Waals surface area contributed by atoms with Gasteiger partial charge in [-0.15, -0.1) is 10.2 Å². The molecule has 2 aromatic rings. The van der Waals surface area contributed by atoms with Crippen LogP contribution in [0.4, 0.5) is 13.2 Å². The van der Waals surface area contributed by atoms with Crippen LogP contribution in [0.2, 0.25) is 0 Å². The van der Waals surface area contributed by atoms with E-state index in [0.717, 1.165) is 10.4 Å². The normalized spacial score (nSPS) is 11.6. The summed E-state index contributed by atoms with van der Waals surface area (Å²) in [6, 6.07) is 1.78. The van der Waals surface area contributed by atoms with E-state index in [9.17, 15) is 18.0 Å². The molecule has 2 heterocycles. The van der Waals surface area contributed by atoms with Crippen molar-refractivity contribution in [3.8, 4) is 11.4 Å². The van der Waals surface area contributed by atoms with Crippen LogP contribution < -0.4 is 5.48 Å². The Balaban J connectivity index is 1.83. The van der Waals surface area contributed by atoms with Crippen LogP contribution in [0.15, 0.2) is 16.8 Å². The van der Waals surface area contributed by atoms with Gasteiger partial charge >= 0.3 is 6.18 Å². The second kappa shape index (κ2) is 5.96. The van der Waals surface area contributed by atoms with Crippen molar-refractivity contribution < 1.29 is 22.8 Å². The van der Waals surface area contributed by atoms with Crippen LogP contribution >= 0.6 is 11.3 Å². The Morgan fingerprint density at radius 2 is 2.30 bits per heavy atom. The standard InChI is InChI=1S/C9H8F3N5O2S/c10-9(11,12)5-19-15-7(18)3-17-14-8(13-16-17)6-1-2-20-4-6/h1-2,4H,3,5H2,(H,15,18). The van der Waals surface area contributed by atoms with Gasteiger partial charge in [0.25, 0.3) is 5.91 Å². The van der Waals surface area contributed by atoms with Gasteiger partial charge in [-0.05, 0) is 16.7 Å². The topological polar surface area (TPSA) is 81.9 Å². The summed E-state index contributed by atoms with van der Waals surface area (Å²) in [5, 5.41) is 14.9. The molecule has 108 valence electrons. The summed E-state index contributed by atoms with van der Waals surface area (Å²) >= 11 is 1.45. The Labute approximate surface area is 114 Å². The molecule has 20 heavy (non-hydrogen) atoms. The number of nitrogens with one attached hydrogen (secondary N) is 1. The number of aromatic nitrogens is 4. The molecule has 0 bridgehead atoms. The predicted octanol–water partition coefficient (Wildman–Crippen LogP) is 1.01. The van der Waals surface area contributed by atoms with E-state index in [1.807, 2.05) is 5.38 Å². The first-order valence-corrected chi connectivity index (χ1v) is 6.16. The van der Waals surface area contributed by atoms with Crippen molar-refractivity contribution in [3.63, 3.8) is 0 Å². The molecule has 1 N–H and O–H groups in total.